The molecule has 4 atom stereocenters. The Hall–Kier alpha value is -1.80. The molecule has 2 aliphatic heterocycles. The van der Waals surface area contributed by atoms with Gasteiger partial charge in [0.05, 0.1) is 25.4 Å². The minimum absolute atomic E-state index is 0.00704. The molecule has 162 valence electrons. The lowest BCUT2D eigenvalue weighted by molar-refractivity contribution is -0.253. The maximum Gasteiger partial charge on any atom is 0.184 e. The monoisotopic (exact) mass is 412 g/mol. The number of ether oxygens (including phenoxy) is 2. The van der Waals surface area contributed by atoms with Gasteiger partial charge in [0, 0.05) is 31.1 Å². The van der Waals surface area contributed by atoms with Gasteiger partial charge in [-0.05, 0) is 36.1 Å². The van der Waals surface area contributed by atoms with E-state index in [0.717, 1.165) is 54.6 Å². The lowest BCUT2D eigenvalue weighted by Gasteiger charge is -2.38. The topological polar surface area (TPSA) is 88.2 Å². The molecule has 2 fully saturated rings. The van der Waals surface area contributed by atoms with Crippen LogP contribution in [0.4, 0.5) is 0 Å². The molecular formula is C24H32N2O4. The van der Waals surface area contributed by atoms with E-state index in [1.54, 1.807) is 0 Å². The highest BCUT2D eigenvalue weighted by atomic mass is 16.7. The summed E-state index contributed by atoms with van der Waals surface area (Å²) in [6, 6.07) is 16.2. The highest BCUT2D eigenvalue weighted by Crippen LogP contribution is 2.38. The van der Waals surface area contributed by atoms with Gasteiger partial charge >= 0.3 is 0 Å². The fourth-order valence-electron chi connectivity index (χ4n) is 4.45. The van der Waals surface area contributed by atoms with E-state index in [1.807, 2.05) is 48.5 Å². The van der Waals surface area contributed by atoms with Crippen molar-refractivity contribution in [2.75, 3.05) is 19.7 Å². The summed E-state index contributed by atoms with van der Waals surface area (Å²) in [7, 11) is 0. The van der Waals surface area contributed by atoms with Gasteiger partial charge in [-0.1, -0.05) is 48.5 Å². The zero-order chi connectivity index (χ0) is 20.9. The number of hydrogen-bond acceptors (Lipinski definition) is 6. The van der Waals surface area contributed by atoms with Crippen LogP contribution in [0.15, 0.2) is 48.5 Å². The van der Waals surface area contributed by atoms with Crippen LogP contribution in [0.2, 0.25) is 0 Å². The lowest BCUT2D eigenvalue weighted by Crippen LogP contribution is -2.42. The normalized spacial score (nSPS) is 27.4. The van der Waals surface area contributed by atoms with Crippen molar-refractivity contribution in [2.45, 2.75) is 57.0 Å². The Labute approximate surface area is 178 Å². The van der Waals surface area contributed by atoms with Crippen LogP contribution in [0.1, 0.15) is 53.9 Å². The molecule has 2 aliphatic rings. The van der Waals surface area contributed by atoms with Gasteiger partial charge in [0.25, 0.3) is 0 Å². The van der Waals surface area contributed by atoms with E-state index in [4.69, 9.17) is 15.2 Å². The van der Waals surface area contributed by atoms with Crippen molar-refractivity contribution >= 4 is 0 Å². The van der Waals surface area contributed by atoms with Crippen molar-refractivity contribution in [2.24, 2.45) is 5.73 Å². The van der Waals surface area contributed by atoms with E-state index >= 15 is 0 Å². The first-order chi connectivity index (χ1) is 14.7. The third-order valence-electron chi connectivity index (χ3n) is 6.25. The fourth-order valence-corrected chi connectivity index (χ4v) is 4.45. The molecule has 0 radical (unpaired) electrons. The number of rotatable bonds is 7. The highest BCUT2D eigenvalue weighted by Gasteiger charge is 2.35. The van der Waals surface area contributed by atoms with Gasteiger partial charge in [0.2, 0.25) is 0 Å². The largest absolute Gasteiger partial charge is 0.395 e. The van der Waals surface area contributed by atoms with Gasteiger partial charge in [-0.25, -0.2) is 0 Å². The predicted molar refractivity (Wildman–Crippen MR) is 114 cm³/mol. The van der Waals surface area contributed by atoms with Crippen LogP contribution in [-0.2, 0) is 22.6 Å². The molecule has 2 heterocycles. The Kier molecular flexibility index (Phi) is 7.15. The van der Waals surface area contributed by atoms with Crippen molar-refractivity contribution in [1.29, 1.82) is 0 Å². The average molecular weight is 413 g/mol. The number of aliphatic hydroxyl groups excluding tert-OH is 2. The van der Waals surface area contributed by atoms with Crippen molar-refractivity contribution < 1.29 is 19.7 Å². The number of aliphatic hydroxyl groups is 2. The Bertz CT molecular complexity index is 740. The Morgan fingerprint density at radius 1 is 0.933 bits per heavy atom. The summed E-state index contributed by atoms with van der Waals surface area (Å²) in [6.45, 7) is 2.52. The van der Waals surface area contributed by atoms with Gasteiger partial charge in [-0.15, -0.1) is 0 Å². The van der Waals surface area contributed by atoms with Gasteiger partial charge < -0.3 is 25.4 Å². The van der Waals surface area contributed by atoms with Gasteiger partial charge in [-0.2, -0.15) is 0 Å². The first-order valence-electron chi connectivity index (χ1n) is 10.8. The summed E-state index contributed by atoms with van der Waals surface area (Å²) in [4.78, 5) is 2.34. The molecule has 0 bridgehead atoms. The van der Waals surface area contributed by atoms with E-state index in [-0.39, 0.29) is 31.5 Å². The molecule has 2 aromatic carbocycles. The SMILES string of the molecule is NCc1ccc(C2O[C@H](CN3CCC[C@H]3CO)C[C@H](c3ccc(CO)cc3)O2)cc1. The van der Waals surface area contributed by atoms with Crippen LogP contribution < -0.4 is 5.73 Å². The second-order valence-corrected chi connectivity index (χ2v) is 8.27. The minimum atomic E-state index is -0.451. The highest BCUT2D eigenvalue weighted by molar-refractivity contribution is 5.26. The third kappa shape index (κ3) is 4.91. The quantitative estimate of drug-likeness (QED) is 0.648. The fraction of sp³-hybridized carbons (Fsp3) is 0.500. The molecule has 30 heavy (non-hydrogen) atoms. The molecule has 2 saturated heterocycles. The predicted octanol–water partition coefficient (Wildman–Crippen LogP) is 2.64. The van der Waals surface area contributed by atoms with E-state index < -0.39 is 6.29 Å². The van der Waals surface area contributed by atoms with E-state index in [0.29, 0.717) is 6.54 Å². The van der Waals surface area contributed by atoms with Crippen LogP contribution >= 0.6 is 0 Å². The molecule has 0 amide bonds. The van der Waals surface area contributed by atoms with Gasteiger partial charge in [0.15, 0.2) is 6.29 Å². The van der Waals surface area contributed by atoms with Crippen LogP contribution in [-0.4, -0.2) is 47.0 Å². The molecule has 1 unspecified atom stereocenters. The first-order valence-corrected chi connectivity index (χ1v) is 10.8. The van der Waals surface area contributed by atoms with Crippen LogP contribution in [0.3, 0.4) is 0 Å². The Morgan fingerprint density at radius 3 is 2.30 bits per heavy atom. The number of nitrogens with zero attached hydrogens (tertiary/aromatic N) is 1. The minimum Gasteiger partial charge on any atom is -0.395 e. The third-order valence-corrected chi connectivity index (χ3v) is 6.25. The molecule has 0 spiro atoms. The van der Waals surface area contributed by atoms with E-state index in [9.17, 15) is 10.2 Å². The molecule has 4 N–H and O–H groups in total. The first kappa shape index (κ1) is 21.4. The summed E-state index contributed by atoms with van der Waals surface area (Å²) < 4.78 is 12.8. The smallest absolute Gasteiger partial charge is 0.184 e. The summed E-state index contributed by atoms with van der Waals surface area (Å²) in [5, 5.41) is 19.0. The van der Waals surface area contributed by atoms with E-state index in [2.05, 4.69) is 4.90 Å². The molecule has 0 aromatic heterocycles. The summed E-state index contributed by atoms with van der Waals surface area (Å²) in [6.07, 6.45) is 2.37. The van der Waals surface area contributed by atoms with Crippen molar-refractivity contribution in [3.8, 4) is 0 Å². The van der Waals surface area contributed by atoms with Crippen LogP contribution in [0, 0.1) is 0 Å². The van der Waals surface area contributed by atoms with Crippen molar-refractivity contribution in [3.05, 3.63) is 70.8 Å². The van der Waals surface area contributed by atoms with Crippen molar-refractivity contribution in [1.82, 2.24) is 4.90 Å². The maximum absolute atomic E-state index is 9.69. The molecule has 6 heteroatoms. The maximum atomic E-state index is 9.69. The number of hydrogen-bond donors (Lipinski definition) is 3. The molecule has 6 nitrogen and oxygen atoms in total. The molecule has 2 aromatic rings. The number of likely N-dealkylation sites (tertiary alicyclic amines) is 1. The van der Waals surface area contributed by atoms with E-state index in [1.165, 1.54) is 0 Å². The average Bonchev–Trinajstić information content (AvgIpc) is 3.26. The molecule has 4 rings (SSSR count). The zero-order valence-corrected chi connectivity index (χ0v) is 17.3. The van der Waals surface area contributed by atoms with Gasteiger partial charge in [-0.3, -0.25) is 4.90 Å². The van der Waals surface area contributed by atoms with Gasteiger partial charge in [0.1, 0.15) is 0 Å². The second kappa shape index (κ2) is 10.0. The number of benzene rings is 2. The van der Waals surface area contributed by atoms with Crippen molar-refractivity contribution in [3.63, 3.8) is 0 Å². The lowest BCUT2D eigenvalue weighted by atomic mass is 9.99. The van der Waals surface area contributed by atoms with Crippen LogP contribution in [0.25, 0.3) is 0 Å². The Morgan fingerprint density at radius 2 is 1.63 bits per heavy atom. The van der Waals surface area contributed by atoms with Crippen LogP contribution in [0.5, 0.6) is 0 Å². The molecular weight excluding hydrogens is 380 g/mol. The summed E-state index contributed by atoms with van der Waals surface area (Å²) >= 11 is 0. The second-order valence-electron chi connectivity index (χ2n) is 8.27. The summed E-state index contributed by atoms with van der Waals surface area (Å²) in [5.74, 6) is 0. The molecule has 0 aliphatic carbocycles. The number of nitrogens with two attached hydrogens (primary N) is 1. The Balaban J connectivity index is 1.54. The molecule has 0 saturated carbocycles. The zero-order valence-electron chi connectivity index (χ0n) is 17.3. The summed E-state index contributed by atoms with van der Waals surface area (Å²) in [5.41, 5.74) is 9.76. The standard InChI is InChI=1S/C24H32N2O4/c25-13-17-3-9-20(10-4-17)24-29-22(14-26-11-1-2-21(26)16-28)12-23(30-24)19-7-5-18(15-27)6-8-19/h3-10,21-24,27-28H,1-2,11-16,25H2/t21-,22-,23+,24?/m0/s1.